The van der Waals surface area contributed by atoms with Crippen LogP contribution in [0.2, 0.25) is 19.6 Å². The van der Waals surface area contributed by atoms with E-state index in [4.69, 9.17) is 0 Å². The third kappa shape index (κ3) is 4.40. The maximum atomic E-state index is 2.56. The van der Waals surface area contributed by atoms with Gasteiger partial charge in [0.25, 0.3) is 0 Å². The van der Waals surface area contributed by atoms with Gasteiger partial charge < -0.3 is 0 Å². The molecule has 0 heterocycles. The Balaban J connectivity index is 0.000000276. The van der Waals surface area contributed by atoms with Gasteiger partial charge in [-0.1, -0.05) is 54.7 Å². The number of allylic oxidation sites excluding steroid dienone is 8. The average molecular weight is 370 g/mol. The topological polar surface area (TPSA) is 0 Å². The normalized spacial score (nSPS) is 25.6. The first-order chi connectivity index (χ1) is 10.6. The molecule has 2 saturated carbocycles. The fraction of sp³-hybridized carbons (Fsp3) is 0.571. The molecule has 0 spiro atoms. The molecule has 1 unspecified atom stereocenters. The van der Waals surface area contributed by atoms with Gasteiger partial charge >= 0.3 is 0 Å². The number of rotatable bonds is 1. The summed E-state index contributed by atoms with van der Waals surface area (Å²) in [5.41, 5.74) is 5.63. The van der Waals surface area contributed by atoms with Crippen LogP contribution in [0.3, 0.4) is 0 Å². The Morgan fingerprint density at radius 1 is 0.826 bits per heavy atom. The molecule has 0 aromatic carbocycles. The van der Waals surface area contributed by atoms with E-state index < -0.39 is 8.07 Å². The molecule has 2 heteroatoms. The first kappa shape index (κ1) is 19.0. The summed E-state index contributed by atoms with van der Waals surface area (Å²) in [5, 5.41) is 1.95. The van der Waals surface area contributed by atoms with Crippen LogP contribution in [0.4, 0.5) is 0 Å². The third-order valence-corrected chi connectivity index (χ3v) is 7.94. The molecule has 0 amide bonds. The van der Waals surface area contributed by atoms with Crippen LogP contribution in [0.25, 0.3) is 0 Å². The molecule has 2 radical (unpaired) electrons. The second-order valence-corrected chi connectivity index (χ2v) is 13.3. The van der Waals surface area contributed by atoms with E-state index in [9.17, 15) is 0 Å². The van der Waals surface area contributed by atoms with E-state index in [1.165, 1.54) is 51.4 Å². The fourth-order valence-electron chi connectivity index (χ4n) is 4.58. The minimum atomic E-state index is -1.08. The predicted octanol–water partition coefficient (Wildman–Crippen LogP) is 6.55. The van der Waals surface area contributed by atoms with Crippen LogP contribution in [0.5, 0.6) is 0 Å². The average Bonchev–Trinajstić information content (AvgIpc) is 3.19. The van der Waals surface area contributed by atoms with Gasteiger partial charge in [-0.05, 0) is 68.4 Å². The molecule has 0 aromatic rings. The zero-order valence-electron chi connectivity index (χ0n) is 15.0. The summed E-state index contributed by atoms with van der Waals surface area (Å²) in [6.07, 6.45) is 21.6. The van der Waals surface area contributed by atoms with Gasteiger partial charge in [-0.3, -0.25) is 0 Å². The van der Waals surface area contributed by atoms with Crippen LogP contribution in [0.15, 0.2) is 46.2 Å². The number of hydrogen-bond acceptors (Lipinski definition) is 0. The molecule has 2 fully saturated rings. The standard InChI is InChI=1S/C16H26Si.C5H5.Co/c1-17(2,3)16-11-12-7-6-10-13(12)14-8-4-5-9-15(14)16;1-2-4-5-3-1;/h12H,4-11H2,1-3H3;1-5H;. The van der Waals surface area contributed by atoms with Crippen molar-refractivity contribution in [3.63, 3.8) is 0 Å². The first-order valence-electron chi connectivity index (χ1n) is 9.19. The molecule has 128 valence electrons. The molecule has 0 aliphatic heterocycles. The second kappa shape index (κ2) is 8.18. The molecule has 0 nitrogen and oxygen atoms in total. The predicted molar refractivity (Wildman–Crippen MR) is 100 cm³/mol. The van der Waals surface area contributed by atoms with Gasteiger partial charge in [0.2, 0.25) is 0 Å². The minimum Gasteiger partial charge on any atom is -0.0771 e. The van der Waals surface area contributed by atoms with E-state index >= 15 is 0 Å². The summed E-state index contributed by atoms with van der Waals surface area (Å²) in [6.45, 7) is 7.67. The summed E-state index contributed by atoms with van der Waals surface area (Å²) in [4.78, 5) is 0. The Labute approximate surface area is 154 Å². The van der Waals surface area contributed by atoms with Crippen molar-refractivity contribution in [1.29, 1.82) is 0 Å². The Kier molecular flexibility index (Phi) is 6.76. The molecule has 4 aliphatic rings. The molecule has 4 rings (SSSR count). The summed E-state index contributed by atoms with van der Waals surface area (Å²) < 4.78 is 0. The molecule has 0 aromatic heterocycles. The van der Waals surface area contributed by atoms with Crippen molar-refractivity contribution in [3.05, 3.63) is 52.6 Å². The maximum absolute atomic E-state index is 2.56. The molecular weight excluding hydrogens is 339 g/mol. The van der Waals surface area contributed by atoms with E-state index in [2.05, 4.69) is 19.6 Å². The quantitative estimate of drug-likeness (QED) is 0.459. The van der Waals surface area contributed by atoms with Crippen molar-refractivity contribution in [2.45, 2.75) is 71.0 Å². The van der Waals surface area contributed by atoms with Gasteiger partial charge in [0, 0.05) is 23.2 Å². The fourth-order valence-corrected chi connectivity index (χ4v) is 6.62. The zero-order chi connectivity index (χ0) is 15.6. The summed E-state index contributed by atoms with van der Waals surface area (Å²) in [6, 6.07) is 0. The number of hydrogen-bond donors (Lipinski definition) is 0. The van der Waals surface area contributed by atoms with Crippen LogP contribution < -0.4 is 0 Å². The van der Waals surface area contributed by atoms with Crippen LogP contribution in [-0.4, -0.2) is 8.07 Å². The zero-order valence-corrected chi connectivity index (χ0v) is 17.0. The molecular formula is C21H31CoSi. The second-order valence-electron chi connectivity index (χ2n) is 8.17. The van der Waals surface area contributed by atoms with Crippen molar-refractivity contribution in [3.8, 4) is 0 Å². The van der Waals surface area contributed by atoms with Gasteiger partial charge in [0.1, 0.15) is 0 Å². The van der Waals surface area contributed by atoms with Gasteiger partial charge in [-0.15, -0.1) is 0 Å². The molecule has 1 atom stereocenters. The van der Waals surface area contributed by atoms with E-state index in [1.807, 2.05) is 52.6 Å². The molecule has 0 N–H and O–H groups in total. The van der Waals surface area contributed by atoms with E-state index in [0.29, 0.717) is 0 Å². The van der Waals surface area contributed by atoms with Crippen LogP contribution in [0, 0.1) is 12.3 Å². The Bertz CT molecular complexity index is 533. The SMILES string of the molecule is C[Si](C)(C)C1=C2CCCCC2=C2CCCC2C1.[CH]1C=CC=C1.[Co]. The summed E-state index contributed by atoms with van der Waals surface area (Å²) in [7, 11) is -1.08. The molecule has 4 aliphatic carbocycles. The van der Waals surface area contributed by atoms with Crippen molar-refractivity contribution >= 4 is 8.07 Å². The van der Waals surface area contributed by atoms with Crippen molar-refractivity contribution in [2.24, 2.45) is 5.92 Å². The molecule has 0 saturated heterocycles. The van der Waals surface area contributed by atoms with Crippen LogP contribution in [0.1, 0.15) is 51.4 Å². The summed E-state index contributed by atoms with van der Waals surface area (Å²) in [5.74, 6) is 0.966. The van der Waals surface area contributed by atoms with E-state index in [1.54, 1.807) is 0 Å². The van der Waals surface area contributed by atoms with Crippen molar-refractivity contribution < 1.29 is 16.8 Å². The van der Waals surface area contributed by atoms with Crippen LogP contribution >= 0.6 is 0 Å². The Hall–Kier alpha value is -0.317. The van der Waals surface area contributed by atoms with Gasteiger partial charge in [-0.2, -0.15) is 0 Å². The smallest absolute Gasteiger partial charge is 0.0728 e. The van der Waals surface area contributed by atoms with E-state index in [-0.39, 0.29) is 16.8 Å². The van der Waals surface area contributed by atoms with Gasteiger partial charge in [-0.25, -0.2) is 0 Å². The first-order valence-corrected chi connectivity index (χ1v) is 12.7. The minimum absolute atomic E-state index is 0. The van der Waals surface area contributed by atoms with E-state index in [0.717, 1.165) is 5.92 Å². The monoisotopic (exact) mass is 370 g/mol. The Morgan fingerprint density at radius 3 is 2.04 bits per heavy atom. The molecule has 0 bridgehead atoms. The van der Waals surface area contributed by atoms with Crippen LogP contribution in [-0.2, 0) is 16.8 Å². The Morgan fingerprint density at radius 2 is 1.48 bits per heavy atom. The van der Waals surface area contributed by atoms with Crippen molar-refractivity contribution in [1.82, 2.24) is 0 Å². The van der Waals surface area contributed by atoms with Gasteiger partial charge in [0.15, 0.2) is 0 Å². The number of fused-ring (bicyclic) bond motifs is 2. The van der Waals surface area contributed by atoms with Crippen molar-refractivity contribution in [2.75, 3.05) is 0 Å². The van der Waals surface area contributed by atoms with Gasteiger partial charge in [0.05, 0.1) is 8.07 Å². The largest absolute Gasteiger partial charge is 0.0771 e. The molecule has 23 heavy (non-hydrogen) atoms. The third-order valence-electron chi connectivity index (χ3n) is 5.62. The summed E-state index contributed by atoms with van der Waals surface area (Å²) >= 11 is 0. The maximum Gasteiger partial charge on any atom is 0.0728 e.